The van der Waals surface area contributed by atoms with E-state index in [2.05, 4.69) is 20.7 Å². The summed E-state index contributed by atoms with van der Waals surface area (Å²) in [4.78, 5) is 4.35. The van der Waals surface area contributed by atoms with Crippen LogP contribution in [0.4, 0.5) is 5.69 Å². The molecule has 3 rings (SSSR count). The number of rotatable bonds is 3. The summed E-state index contributed by atoms with van der Waals surface area (Å²) in [5, 5.41) is 10.9. The van der Waals surface area contributed by atoms with E-state index in [9.17, 15) is 0 Å². The largest absolute Gasteiger partial charge is 0.377 e. The molecule has 0 atom stereocenters. The molecule has 0 spiro atoms. The lowest BCUT2D eigenvalue weighted by Gasteiger charge is -2.29. The molecule has 0 amide bonds. The maximum absolute atomic E-state index is 4.35. The first kappa shape index (κ1) is 9.35. The second-order valence-electron chi connectivity index (χ2n) is 3.82. The molecule has 0 bridgehead atoms. The zero-order valence-electron chi connectivity index (χ0n) is 8.80. The van der Waals surface area contributed by atoms with Crippen LogP contribution >= 0.6 is 0 Å². The Bertz CT molecular complexity index is 461. The number of nitrogens with one attached hydrogen (secondary N) is 2. The van der Waals surface area contributed by atoms with Gasteiger partial charge in [0, 0.05) is 31.7 Å². The van der Waals surface area contributed by atoms with E-state index < -0.39 is 0 Å². The third kappa shape index (κ3) is 1.65. The van der Waals surface area contributed by atoms with Gasteiger partial charge < -0.3 is 10.6 Å². The molecular weight excluding hydrogens is 202 g/mol. The zero-order chi connectivity index (χ0) is 10.8. The fourth-order valence-corrected chi connectivity index (χ4v) is 1.70. The molecular formula is C11H13N5. The van der Waals surface area contributed by atoms with E-state index >= 15 is 0 Å². The molecule has 16 heavy (non-hydrogen) atoms. The highest BCUT2D eigenvalue weighted by Gasteiger charge is 2.17. The van der Waals surface area contributed by atoms with E-state index in [-0.39, 0.29) is 0 Å². The second-order valence-corrected chi connectivity index (χ2v) is 3.82. The van der Waals surface area contributed by atoms with Crippen molar-refractivity contribution >= 4 is 5.69 Å². The number of pyridine rings is 1. The van der Waals surface area contributed by atoms with E-state index in [0.717, 1.165) is 24.6 Å². The van der Waals surface area contributed by atoms with Crippen molar-refractivity contribution in [1.29, 1.82) is 0 Å². The lowest BCUT2D eigenvalue weighted by molar-refractivity contribution is 0.472. The Kier molecular flexibility index (Phi) is 2.30. The van der Waals surface area contributed by atoms with Crippen molar-refractivity contribution in [1.82, 2.24) is 20.1 Å². The van der Waals surface area contributed by atoms with Gasteiger partial charge in [-0.2, -0.15) is 5.10 Å². The molecule has 1 aliphatic rings. The third-order valence-electron chi connectivity index (χ3n) is 2.65. The van der Waals surface area contributed by atoms with Crippen LogP contribution in [0.25, 0.3) is 5.82 Å². The van der Waals surface area contributed by atoms with Crippen LogP contribution in [-0.2, 0) is 0 Å². The minimum atomic E-state index is 0.499. The van der Waals surface area contributed by atoms with Crippen molar-refractivity contribution < 1.29 is 0 Å². The van der Waals surface area contributed by atoms with Crippen LogP contribution in [0.5, 0.6) is 0 Å². The monoisotopic (exact) mass is 215 g/mol. The molecule has 1 fully saturated rings. The molecule has 0 saturated carbocycles. The van der Waals surface area contributed by atoms with Gasteiger partial charge in [-0.1, -0.05) is 0 Å². The van der Waals surface area contributed by atoms with Gasteiger partial charge in [0.2, 0.25) is 0 Å². The first-order chi connectivity index (χ1) is 7.93. The van der Waals surface area contributed by atoms with Crippen molar-refractivity contribution in [3.05, 3.63) is 36.8 Å². The standard InChI is InChI=1S/C11H13N5/c1-3-10(15-9-7-12-8-9)11(13-4-1)16-6-2-5-14-16/h1-6,9,12,15H,7-8H2. The van der Waals surface area contributed by atoms with E-state index in [0.29, 0.717) is 6.04 Å². The van der Waals surface area contributed by atoms with Crippen LogP contribution in [0.1, 0.15) is 0 Å². The fourth-order valence-electron chi connectivity index (χ4n) is 1.70. The van der Waals surface area contributed by atoms with Gasteiger partial charge in [0.05, 0.1) is 11.7 Å². The van der Waals surface area contributed by atoms with E-state index in [1.165, 1.54) is 0 Å². The predicted molar refractivity (Wildman–Crippen MR) is 61.6 cm³/mol. The van der Waals surface area contributed by atoms with Crippen LogP contribution in [-0.4, -0.2) is 33.9 Å². The first-order valence-corrected chi connectivity index (χ1v) is 5.36. The Morgan fingerprint density at radius 2 is 2.25 bits per heavy atom. The van der Waals surface area contributed by atoms with Crippen LogP contribution in [0, 0.1) is 0 Å². The van der Waals surface area contributed by atoms with Crippen molar-refractivity contribution in [2.45, 2.75) is 6.04 Å². The summed E-state index contributed by atoms with van der Waals surface area (Å²) in [5.41, 5.74) is 1.03. The van der Waals surface area contributed by atoms with Gasteiger partial charge >= 0.3 is 0 Å². The second kappa shape index (κ2) is 3.94. The van der Waals surface area contributed by atoms with Gasteiger partial charge in [0.15, 0.2) is 5.82 Å². The molecule has 2 N–H and O–H groups in total. The van der Waals surface area contributed by atoms with Gasteiger partial charge in [0.25, 0.3) is 0 Å². The highest BCUT2D eigenvalue weighted by Crippen LogP contribution is 2.17. The minimum absolute atomic E-state index is 0.499. The molecule has 2 aromatic heterocycles. The summed E-state index contributed by atoms with van der Waals surface area (Å²) in [5.74, 6) is 0.847. The van der Waals surface area contributed by atoms with Gasteiger partial charge in [-0.3, -0.25) is 0 Å². The molecule has 5 nitrogen and oxygen atoms in total. The Labute approximate surface area is 93.5 Å². The Morgan fingerprint density at radius 3 is 2.94 bits per heavy atom. The number of nitrogens with zero attached hydrogens (tertiary/aromatic N) is 3. The average molecular weight is 215 g/mol. The molecule has 3 heterocycles. The maximum atomic E-state index is 4.35. The summed E-state index contributed by atoms with van der Waals surface area (Å²) < 4.78 is 1.77. The molecule has 82 valence electrons. The first-order valence-electron chi connectivity index (χ1n) is 5.36. The fraction of sp³-hybridized carbons (Fsp3) is 0.273. The normalized spacial score (nSPS) is 15.8. The maximum Gasteiger partial charge on any atom is 0.176 e. The Balaban J connectivity index is 1.91. The summed E-state index contributed by atoms with van der Waals surface area (Å²) >= 11 is 0. The molecule has 0 unspecified atom stereocenters. The summed E-state index contributed by atoms with van der Waals surface area (Å²) in [6.07, 6.45) is 5.43. The van der Waals surface area contributed by atoms with Crippen LogP contribution in [0.2, 0.25) is 0 Å². The number of aromatic nitrogens is 3. The molecule has 1 aliphatic heterocycles. The van der Waals surface area contributed by atoms with Gasteiger partial charge in [-0.25, -0.2) is 9.67 Å². The topological polar surface area (TPSA) is 54.8 Å². The zero-order valence-corrected chi connectivity index (χ0v) is 8.80. The Hall–Kier alpha value is -1.88. The number of anilines is 1. The van der Waals surface area contributed by atoms with Crippen LogP contribution < -0.4 is 10.6 Å². The number of hydrogen-bond donors (Lipinski definition) is 2. The summed E-state index contributed by atoms with van der Waals surface area (Å²) in [7, 11) is 0. The molecule has 1 saturated heterocycles. The van der Waals surface area contributed by atoms with Crippen molar-refractivity contribution in [2.75, 3.05) is 18.4 Å². The van der Waals surface area contributed by atoms with E-state index in [1.54, 1.807) is 17.1 Å². The average Bonchev–Trinajstić information content (AvgIpc) is 2.77. The lowest BCUT2D eigenvalue weighted by Crippen LogP contribution is -2.51. The molecule has 2 aromatic rings. The van der Waals surface area contributed by atoms with E-state index in [4.69, 9.17) is 0 Å². The number of hydrogen-bond acceptors (Lipinski definition) is 4. The SMILES string of the molecule is c1cnc(-n2cccn2)c(NC2CNC2)c1. The minimum Gasteiger partial charge on any atom is -0.377 e. The molecule has 5 heteroatoms. The Morgan fingerprint density at radius 1 is 1.31 bits per heavy atom. The van der Waals surface area contributed by atoms with Crippen LogP contribution in [0.15, 0.2) is 36.8 Å². The van der Waals surface area contributed by atoms with Crippen molar-refractivity contribution in [3.63, 3.8) is 0 Å². The van der Waals surface area contributed by atoms with E-state index in [1.807, 2.05) is 24.4 Å². The van der Waals surface area contributed by atoms with Crippen molar-refractivity contribution in [3.8, 4) is 5.82 Å². The van der Waals surface area contributed by atoms with Crippen molar-refractivity contribution in [2.24, 2.45) is 0 Å². The highest BCUT2D eigenvalue weighted by molar-refractivity contribution is 5.57. The quantitative estimate of drug-likeness (QED) is 0.789. The smallest absolute Gasteiger partial charge is 0.176 e. The highest BCUT2D eigenvalue weighted by atomic mass is 15.3. The van der Waals surface area contributed by atoms with Crippen LogP contribution in [0.3, 0.4) is 0 Å². The lowest BCUT2D eigenvalue weighted by atomic mass is 10.2. The summed E-state index contributed by atoms with van der Waals surface area (Å²) in [6.45, 7) is 2.01. The third-order valence-corrected chi connectivity index (χ3v) is 2.65. The molecule has 0 aliphatic carbocycles. The summed E-state index contributed by atoms with van der Waals surface area (Å²) in [6, 6.07) is 6.35. The predicted octanol–water partition coefficient (Wildman–Crippen LogP) is 0.651. The molecule has 0 radical (unpaired) electrons. The van der Waals surface area contributed by atoms with Gasteiger partial charge in [0.1, 0.15) is 0 Å². The molecule has 0 aromatic carbocycles. The van der Waals surface area contributed by atoms with Gasteiger partial charge in [-0.15, -0.1) is 0 Å². The van der Waals surface area contributed by atoms with Gasteiger partial charge in [-0.05, 0) is 18.2 Å².